The molecule has 5 heteroatoms. The number of likely N-dealkylation sites (tertiary alicyclic amines) is 1. The minimum absolute atomic E-state index is 0.179. The van der Waals surface area contributed by atoms with E-state index in [9.17, 15) is 14.3 Å². The van der Waals surface area contributed by atoms with Gasteiger partial charge in [0.1, 0.15) is 11.4 Å². The number of amides is 1. The molecule has 1 N–H and O–H groups in total. The summed E-state index contributed by atoms with van der Waals surface area (Å²) in [6.45, 7) is 8.46. The molecule has 4 nitrogen and oxygen atoms in total. The van der Waals surface area contributed by atoms with Gasteiger partial charge in [-0.2, -0.15) is 0 Å². The van der Waals surface area contributed by atoms with Gasteiger partial charge in [0.2, 0.25) is 0 Å². The molecule has 0 saturated carbocycles. The van der Waals surface area contributed by atoms with Gasteiger partial charge >= 0.3 is 6.09 Å². The van der Waals surface area contributed by atoms with Gasteiger partial charge in [0.05, 0.1) is 6.10 Å². The maximum Gasteiger partial charge on any atom is 0.410 e. The first-order valence-electron chi connectivity index (χ1n) is 10.2. The number of halogens is 1. The highest BCUT2D eigenvalue weighted by molar-refractivity contribution is 5.70. The van der Waals surface area contributed by atoms with Gasteiger partial charge in [-0.25, -0.2) is 9.18 Å². The fraction of sp³-hybridized carbons (Fsp3) is 0.458. The van der Waals surface area contributed by atoms with E-state index in [1.54, 1.807) is 17.0 Å². The quantitative estimate of drug-likeness (QED) is 0.743. The Morgan fingerprint density at radius 3 is 2.66 bits per heavy atom. The summed E-state index contributed by atoms with van der Waals surface area (Å²) in [5.74, 6) is -0.534. The lowest BCUT2D eigenvalue weighted by atomic mass is 9.85. The zero-order valence-electron chi connectivity index (χ0n) is 17.6. The third-order valence-corrected chi connectivity index (χ3v) is 5.23. The van der Waals surface area contributed by atoms with Crippen LogP contribution in [0.1, 0.15) is 50.8 Å². The molecule has 0 spiro atoms. The highest BCUT2D eigenvalue weighted by Gasteiger charge is 2.33. The predicted octanol–water partition coefficient (Wildman–Crippen LogP) is 5.48. The largest absolute Gasteiger partial charge is 0.444 e. The highest BCUT2D eigenvalue weighted by atomic mass is 19.1. The van der Waals surface area contributed by atoms with E-state index in [1.807, 2.05) is 52.0 Å². The van der Waals surface area contributed by atoms with Crippen LogP contribution in [0.15, 0.2) is 42.5 Å². The Kier molecular flexibility index (Phi) is 6.27. The number of hydrogen-bond acceptors (Lipinski definition) is 3. The predicted molar refractivity (Wildman–Crippen MR) is 112 cm³/mol. The summed E-state index contributed by atoms with van der Waals surface area (Å²) >= 11 is 0. The normalized spacial score (nSPS) is 18.4. The average molecular weight is 400 g/mol. The van der Waals surface area contributed by atoms with E-state index >= 15 is 0 Å². The van der Waals surface area contributed by atoms with Crippen LogP contribution < -0.4 is 0 Å². The minimum Gasteiger partial charge on any atom is -0.444 e. The van der Waals surface area contributed by atoms with E-state index in [-0.39, 0.29) is 17.8 Å². The average Bonchev–Trinajstić information content (AvgIpc) is 2.66. The van der Waals surface area contributed by atoms with E-state index < -0.39 is 11.7 Å². The molecule has 1 amide bonds. The Labute approximate surface area is 172 Å². The summed E-state index contributed by atoms with van der Waals surface area (Å²) in [4.78, 5) is 14.1. The number of hydrogen-bond donors (Lipinski definition) is 1. The van der Waals surface area contributed by atoms with Crippen molar-refractivity contribution in [3.05, 3.63) is 59.4 Å². The second-order valence-corrected chi connectivity index (χ2v) is 8.85. The zero-order valence-corrected chi connectivity index (χ0v) is 17.6. The Balaban J connectivity index is 1.86. The first-order chi connectivity index (χ1) is 13.7. The molecule has 0 aliphatic carbocycles. The molecule has 2 aromatic rings. The molecular weight excluding hydrogens is 369 g/mol. The molecule has 1 aliphatic heterocycles. The topological polar surface area (TPSA) is 49.8 Å². The van der Waals surface area contributed by atoms with Crippen LogP contribution in [0.5, 0.6) is 0 Å². The van der Waals surface area contributed by atoms with Crippen molar-refractivity contribution in [2.45, 2.75) is 52.2 Å². The van der Waals surface area contributed by atoms with Gasteiger partial charge in [-0.05, 0) is 57.7 Å². The summed E-state index contributed by atoms with van der Waals surface area (Å²) in [5, 5.41) is 11.2. The van der Waals surface area contributed by atoms with Gasteiger partial charge in [-0.3, -0.25) is 0 Å². The van der Waals surface area contributed by atoms with Crippen LogP contribution in [0.2, 0.25) is 0 Å². The molecule has 1 fully saturated rings. The number of benzene rings is 2. The molecule has 0 radical (unpaired) electrons. The first-order valence-corrected chi connectivity index (χ1v) is 10.2. The maximum atomic E-state index is 14.8. The van der Waals surface area contributed by atoms with Crippen LogP contribution in [-0.4, -0.2) is 34.8 Å². The van der Waals surface area contributed by atoms with Crippen molar-refractivity contribution in [3.63, 3.8) is 0 Å². The monoisotopic (exact) mass is 399 g/mol. The third-order valence-electron chi connectivity index (χ3n) is 5.23. The number of rotatable bonds is 3. The van der Waals surface area contributed by atoms with Crippen LogP contribution in [0, 0.1) is 18.7 Å². The van der Waals surface area contributed by atoms with Gasteiger partial charge in [0, 0.05) is 24.6 Å². The van der Waals surface area contributed by atoms with Gasteiger partial charge in [0.25, 0.3) is 0 Å². The van der Waals surface area contributed by atoms with Crippen LogP contribution in [-0.2, 0) is 4.74 Å². The van der Waals surface area contributed by atoms with Crippen LogP contribution in [0.3, 0.4) is 0 Å². The summed E-state index contributed by atoms with van der Waals surface area (Å²) in [7, 11) is 0. The Hall–Kier alpha value is -2.40. The van der Waals surface area contributed by atoms with Gasteiger partial charge < -0.3 is 14.7 Å². The summed E-state index contributed by atoms with van der Waals surface area (Å²) < 4.78 is 20.3. The number of nitrogens with zero attached hydrogens (tertiary/aromatic N) is 1. The standard InChI is InChI=1S/C24H30FNO3/c1-16-8-5-9-17(14-16)21-19(11-6-12-20(21)25)22(27)18-10-7-13-26(15-18)23(28)29-24(2,3)4/h5-6,8-9,11-12,14,18,22,27H,7,10,13,15H2,1-4H3. The van der Waals surface area contributed by atoms with E-state index in [0.29, 0.717) is 24.2 Å². The number of aliphatic hydroxyl groups excluding tert-OH is 1. The van der Waals surface area contributed by atoms with E-state index in [2.05, 4.69) is 0 Å². The minimum atomic E-state index is -0.869. The molecule has 1 aliphatic rings. The lowest BCUT2D eigenvalue weighted by molar-refractivity contribution is 0.00243. The number of carbonyl (C=O) groups is 1. The fourth-order valence-corrected chi connectivity index (χ4v) is 3.91. The number of carbonyl (C=O) groups excluding carboxylic acids is 1. The van der Waals surface area contributed by atoms with Gasteiger partial charge in [-0.15, -0.1) is 0 Å². The molecule has 29 heavy (non-hydrogen) atoms. The SMILES string of the molecule is Cc1cccc(-c2c(F)cccc2C(O)C2CCCN(C(=O)OC(C)(C)C)C2)c1. The lowest BCUT2D eigenvalue weighted by Gasteiger charge is -2.36. The molecule has 0 bridgehead atoms. The first kappa shape index (κ1) is 21.3. The van der Waals surface area contributed by atoms with Crippen molar-refractivity contribution in [2.75, 3.05) is 13.1 Å². The number of aliphatic hydroxyl groups is 1. The molecule has 2 unspecified atom stereocenters. The second-order valence-electron chi connectivity index (χ2n) is 8.85. The van der Waals surface area contributed by atoms with Crippen LogP contribution >= 0.6 is 0 Å². The van der Waals surface area contributed by atoms with Crippen LogP contribution in [0.25, 0.3) is 11.1 Å². The van der Waals surface area contributed by atoms with Crippen molar-refractivity contribution in [1.82, 2.24) is 4.90 Å². The Morgan fingerprint density at radius 2 is 1.97 bits per heavy atom. The van der Waals surface area contributed by atoms with E-state index in [1.165, 1.54) is 6.07 Å². The molecule has 1 heterocycles. The molecule has 1 saturated heterocycles. The lowest BCUT2D eigenvalue weighted by Crippen LogP contribution is -2.44. The number of aryl methyl sites for hydroxylation is 1. The molecule has 3 rings (SSSR count). The summed E-state index contributed by atoms with van der Waals surface area (Å²) in [6.07, 6.45) is 0.305. The molecule has 156 valence electrons. The number of piperidine rings is 1. The van der Waals surface area contributed by atoms with Crippen molar-refractivity contribution in [3.8, 4) is 11.1 Å². The zero-order chi connectivity index (χ0) is 21.2. The maximum absolute atomic E-state index is 14.8. The molecular formula is C24H30FNO3. The highest BCUT2D eigenvalue weighted by Crippen LogP contribution is 2.37. The molecule has 0 aromatic heterocycles. The van der Waals surface area contributed by atoms with Gasteiger partial charge in [-0.1, -0.05) is 42.0 Å². The second kappa shape index (κ2) is 8.54. The number of ether oxygens (including phenoxy) is 1. The van der Waals surface area contributed by atoms with Crippen LogP contribution in [0.4, 0.5) is 9.18 Å². The summed E-state index contributed by atoms with van der Waals surface area (Å²) in [6, 6.07) is 12.4. The Morgan fingerprint density at radius 1 is 1.24 bits per heavy atom. The third kappa shape index (κ3) is 5.15. The van der Waals surface area contributed by atoms with E-state index in [4.69, 9.17) is 4.74 Å². The fourth-order valence-electron chi connectivity index (χ4n) is 3.91. The molecule has 2 aromatic carbocycles. The van der Waals surface area contributed by atoms with Crippen molar-refractivity contribution < 1.29 is 19.0 Å². The van der Waals surface area contributed by atoms with Crippen molar-refractivity contribution >= 4 is 6.09 Å². The van der Waals surface area contributed by atoms with E-state index in [0.717, 1.165) is 24.0 Å². The molecule has 2 atom stereocenters. The van der Waals surface area contributed by atoms with Crippen molar-refractivity contribution in [2.24, 2.45) is 5.92 Å². The summed E-state index contributed by atoms with van der Waals surface area (Å²) in [5.41, 5.74) is 2.20. The van der Waals surface area contributed by atoms with Crippen molar-refractivity contribution in [1.29, 1.82) is 0 Å². The van der Waals surface area contributed by atoms with Gasteiger partial charge in [0.15, 0.2) is 0 Å². The Bertz CT molecular complexity index is 875. The smallest absolute Gasteiger partial charge is 0.410 e.